The van der Waals surface area contributed by atoms with Gasteiger partial charge in [0.1, 0.15) is 6.10 Å². The summed E-state index contributed by atoms with van der Waals surface area (Å²) >= 11 is 0. The van der Waals surface area contributed by atoms with E-state index in [1.54, 1.807) is 7.11 Å². The highest BCUT2D eigenvalue weighted by atomic mass is 16.5. The summed E-state index contributed by atoms with van der Waals surface area (Å²) in [5.74, 6) is 1.52. The van der Waals surface area contributed by atoms with Crippen LogP contribution in [0.25, 0.3) is 0 Å². The smallest absolute Gasteiger partial charge is 0.231 e. The molecule has 104 valence electrons. The first kappa shape index (κ1) is 15.1. The van der Waals surface area contributed by atoms with Crippen LogP contribution in [0.2, 0.25) is 0 Å². The van der Waals surface area contributed by atoms with Crippen molar-refractivity contribution >= 4 is 0 Å². The molecule has 0 saturated heterocycles. The van der Waals surface area contributed by atoms with Gasteiger partial charge in [-0.3, -0.25) is 0 Å². The fourth-order valence-electron chi connectivity index (χ4n) is 1.78. The van der Waals surface area contributed by atoms with Gasteiger partial charge in [0.2, 0.25) is 11.7 Å². The monoisotopic (exact) mass is 255 g/mol. The molecular formula is C13H25N3O2. The van der Waals surface area contributed by atoms with Gasteiger partial charge in [-0.2, -0.15) is 4.98 Å². The normalized spacial score (nSPS) is 16.5. The fraction of sp³-hybridized carbons (Fsp3) is 0.846. The second-order valence-corrected chi connectivity index (χ2v) is 4.65. The Kier molecular flexibility index (Phi) is 6.29. The molecule has 0 aliphatic rings. The van der Waals surface area contributed by atoms with Crippen molar-refractivity contribution in [1.82, 2.24) is 15.5 Å². The molecule has 0 bridgehead atoms. The summed E-state index contributed by atoms with van der Waals surface area (Å²) in [5, 5.41) is 7.44. The summed E-state index contributed by atoms with van der Waals surface area (Å²) in [5.41, 5.74) is 0. The minimum absolute atomic E-state index is 0.0754. The van der Waals surface area contributed by atoms with E-state index in [-0.39, 0.29) is 12.0 Å². The topological polar surface area (TPSA) is 60.2 Å². The molecule has 0 aliphatic carbocycles. The molecule has 3 unspecified atom stereocenters. The van der Waals surface area contributed by atoms with Gasteiger partial charge in [0.05, 0.1) is 5.92 Å². The second-order valence-electron chi connectivity index (χ2n) is 4.65. The van der Waals surface area contributed by atoms with Crippen LogP contribution < -0.4 is 5.32 Å². The van der Waals surface area contributed by atoms with E-state index >= 15 is 0 Å². The van der Waals surface area contributed by atoms with Crippen LogP contribution in [0.15, 0.2) is 4.52 Å². The maximum Gasteiger partial charge on any atom is 0.231 e. The lowest BCUT2D eigenvalue weighted by Crippen LogP contribution is -2.31. The highest BCUT2D eigenvalue weighted by Crippen LogP contribution is 2.22. The van der Waals surface area contributed by atoms with Gasteiger partial charge in [-0.05, 0) is 26.3 Å². The number of methoxy groups -OCH3 is 1. The van der Waals surface area contributed by atoms with Gasteiger partial charge >= 0.3 is 0 Å². The molecule has 1 aromatic heterocycles. The van der Waals surface area contributed by atoms with Gasteiger partial charge in [-0.1, -0.05) is 25.9 Å². The Labute approximate surface area is 109 Å². The summed E-state index contributed by atoms with van der Waals surface area (Å²) in [7, 11) is 1.67. The molecule has 0 fully saturated rings. The Morgan fingerprint density at radius 2 is 2.06 bits per heavy atom. The third-order valence-electron chi connectivity index (χ3n) is 3.26. The van der Waals surface area contributed by atoms with E-state index in [9.17, 15) is 0 Å². The number of ether oxygens (including phenoxy) is 1. The summed E-state index contributed by atoms with van der Waals surface area (Å²) < 4.78 is 10.6. The van der Waals surface area contributed by atoms with Crippen molar-refractivity contribution in [2.45, 2.75) is 58.6 Å². The van der Waals surface area contributed by atoms with Crippen LogP contribution in [0.5, 0.6) is 0 Å². The molecule has 5 heteroatoms. The molecule has 0 aliphatic heterocycles. The molecule has 5 nitrogen and oxygen atoms in total. The zero-order valence-corrected chi connectivity index (χ0v) is 12.1. The maximum atomic E-state index is 5.33. The van der Waals surface area contributed by atoms with Crippen molar-refractivity contribution in [1.29, 1.82) is 0 Å². The van der Waals surface area contributed by atoms with Crippen LogP contribution in [0, 0.1) is 0 Å². The summed E-state index contributed by atoms with van der Waals surface area (Å²) in [6.45, 7) is 9.43. The highest BCUT2D eigenvalue weighted by molar-refractivity contribution is 4.98. The van der Waals surface area contributed by atoms with Gasteiger partial charge in [-0.15, -0.1) is 0 Å². The number of hydrogen-bond donors (Lipinski definition) is 1. The van der Waals surface area contributed by atoms with Gasteiger partial charge in [-0.25, -0.2) is 0 Å². The molecule has 1 heterocycles. The van der Waals surface area contributed by atoms with Gasteiger partial charge in [0.25, 0.3) is 0 Å². The van der Waals surface area contributed by atoms with Crippen LogP contribution in [0.4, 0.5) is 0 Å². The van der Waals surface area contributed by atoms with Crippen molar-refractivity contribution in [2.75, 3.05) is 13.7 Å². The fourth-order valence-corrected chi connectivity index (χ4v) is 1.78. The van der Waals surface area contributed by atoms with E-state index in [1.165, 1.54) is 0 Å². The maximum absolute atomic E-state index is 5.33. The van der Waals surface area contributed by atoms with E-state index in [0.29, 0.717) is 17.8 Å². The van der Waals surface area contributed by atoms with Crippen molar-refractivity contribution < 1.29 is 9.26 Å². The van der Waals surface area contributed by atoms with Crippen LogP contribution in [0.1, 0.15) is 64.3 Å². The van der Waals surface area contributed by atoms with Crippen molar-refractivity contribution in [2.24, 2.45) is 0 Å². The summed E-state index contributed by atoms with van der Waals surface area (Å²) in [4.78, 5) is 4.44. The molecule has 1 N–H and O–H groups in total. The largest absolute Gasteiger partial charge is 0.373 e. The van der Waals surface area contributed by atoms with Gasteiger partial charge < -0.3 is 14.6 Å². The lowest BCUT2D eigenvalue weighted by atomic mass is 10.0. The van der Waals surface area contributed by atoms with E-state index < -0.39 is 0 Å². The number of hydrogen-bond acceptors (Lipinski definition) is 5. The molecule has 0 spiro atoms. The van der Waals surface area contributed by atoms with E-state index in [2.05, 4.69) is 36.2 Å². The molecule has 0 aromatic carbocycles. The Morgan fingerprint density at radius 3 is 2.61 bits per heavy atom. The Hall–Kier alpha value is -0.940. The quantitative estimate of drug-likeness (QED) is 0.774. The summed E-state index contributed by atoms with van der Waals surface area (Å²) in [6.07, 6.45) is 1.88. The third kappa shape index (κ3) is 3.78. The average Bonchev–Trinajstić information content (AvgIpc) is 2.86. The SMILES string of the molecule is CCCNC(C)C(C)c1nc(C(CC)OC)no1. The van der Waals surface area contributed by atoms with Crippen LogP contribution >= 0.6 is 0 Å². The molecular weight excluding hydrogens is 230 g/mol. The van der Waals surface area contributed by atoms with Gasteiger partial charge in [0.15, 0.2) is 0 Å². The number of nitrogens with one attached hydrogen (secondary N) is 1. The first-order chi connectivity index (χ1) is 8.63. The Balaban J connectivity index is 2.66. The molecule has 0 radical (unpaired) electrons. The van der Waals surface area contributed by atoms with Crippen molar-refractivity contribution in [3.05, 3.63) is 11.7 Å². The van der Waals surface area contributed by atoms with Crippen molar-refractivity contribution in [3.63, 3.8) is 0 Å². The van der Waals surface area contributed by atoms with Crippen LogP contribution in [0.3, 0.4) is 0 Å². The Morgan fingerprint density at radius 1 is 1.33 bits per heavy atom. The van der Waals surface area contributed by atoms with Crippen LogP contribution in [-0.4, -0.2) is 29.8 Å². The second kappa shape index (κ2) is 7.48. The zero-order valence-electron chi connectivity index (χ0n) is 12.1. The standard InChI is InChI=1S/C13H25N3O2/c1-6-8-14-10(4)9(3)13-15-12(16-18-13)11(7-2)17-5/h9-11,14H,6-8H2,1-5H3. The molecule has 1 rings (SSSR count). The number of aromatic nitrogens is 2. The van der Waals surface area contributed by atoms with E-state index in [0.717, 1.165) is 19.4 Å². The van der Waals surface area contributed by atoms with Gasteiger partial charge in [0, 0.05) is 13.2 Å². The lowest BCUT2D eigenvalue weighted by Gasteiger charge is -2.17. The van der Waals surface area contributed by atoms with Crippen LogP contribution in [-0.2, 0) is 4.74 Å². The van der Waals surface area contributed by atoms with E-state index in [4.69, 9.17) is 9.26 Å². The lowest BCUT2D eigenvalue weighted by molar-refractivity contribution is 0.0903. The van der Waals surface area contributed by atoms with E-state index in [1.807, 2.05) is 6.92 Å². The summed E-state index contributed by atoms with van der Waals surface area (Å²) in [6, 6.07) is 0.320. The zero-order chi connectivity index (χ0) is 13.5. The molecule has 1 aromatic rings. The number of nitrogens with zero attached hydrogens (tertiary/aromatic N) is 2. The number of rotatable bonds is 8. The predicted octanol–water partition coefficient (Wildman–Crippen LogP) is 2.66. The molecule has 3 atom stereocenters. The molecule has 0 amide bonds. The highest BCUT2D eigenvalue weighted by Gasteiger charge is 2.22. The first-order valence-electron chi connectivity index (χ1n) is 6.73. The predicted molar refractivity (Wildman–Crippen MR) is 70.5 cm³/mol. The Bertz CT molecular complexity index is 337. The molecule has 18 heavy (non-hydrogen) atoms. The average molecular weight is 255 g/mol. The minimum atomic E-state index is -0.0754. The minimum Gasteiger partial charge on any atom is -0.373 e. The molecule has 0 saturated carbocycles. The third-order valence-corrected chi connectivity index (χ3v) is 3.26. The van der Waals surface area contributed by atoms with Crippen molar-refractivity contribution in [3.8, 4) is 0 Å². The first-order valence-corrected chi connectivity index (χ1v) is 6.73.